The fraction of sp³-hybridized carbons (Fsp3) is 0.625. The van der Waals surface area contributed by atoms with Gasteiger partial charge in [0.15, 0.2) is 0 Å². The lowest BCUT2D eigenvalue weighted by molar-refractivity contribution is 0.0782. The Morgan fingerprint density at radius 1 is 1.67 bits per heavy atom. The van der Waals surface area contributed by atoms with E-state index in [-0.39, 0.29) is 6.61 Å². The first-order chi connectivity index (χ1) is 5.76. The topological polar surface area (TPSA) is 58.3 Å². The van der Waals surface area contributed by atoms with Crippen LogP contribution in [-0.2, 0) is 13.0 Å². The molecule has 12 heavy (non-hydrogen) atoms. The maximum absolute atomic E-state index is 9.08. The van der Waals surface area contributed by atoms with Crippen LogP contribution in [0.4, 0.5) is 0 Å². The molecule has 0 saturated carbocycles. The molecule has 0 spiro atoms. The second kappa shape index (κ2) is 4.23. The Balaban J connectivity index is 2.52. The van der Waals surface area contributed by atoms with E-state index < -0.39 is 6.10 Å². The van der Waals surface area contributed by atoms with Crippen molar-refractivity contribution in [2.45, 2.75) is 26.0 Å². The molecule has 0 aliphatic rings. The Morgan fingerprint density at radius 2 is 2.42 bits per heavy atom. The third-order valence-electron chi connectivity index (χ3n) is 1.70. The second-order valence-electron chi connectivity index (χ2n) is 2.76. The van der Waals surface area contributed by atoms with E-state index in [1.165, 1.54) is 0 Å². The zero-order valence-electron chi connectivity index (χ0n) is 7.14. The van der Waals surface area contributed by atoms with Gasteiger partial charge in [0.05, 0.1) is 25.5 Å². The van der Waals surface area contributed by atoms with Crippen molar-refractivity contribution in [1.29, 1.82) is 0 Å². The molecule has 0 saturated heterocycles. The Labute approximate surface area is 71.5 Å². The zero-order chi connectivity index (χ0) is 8.97. The van der Waals surface area contributed by atoms with Gasteiger partial charge >= 0.3 is 0 Å². The van der Waals surface area contributed by atoms with Gasteiger partial charge in [-0.3, -0.25) is 4.68 Å². The summed E-state index contributed by atoms with van der Waals surface area (Å²) < 4.78 is 1.64. The number of hydrogen-bond donors (Lipinski definition) is 2. The average Bonchev–Trinajstić information content (AvgIpc) is 2.52. The summed E-state index contributed by atoms with van der Waals surface area (Å²) in [6.45, 7) is 2.18. The van der Waals surface area contributed by atoms with Crippen LogP contribution in [0.25, 0.3) is 0 Å². The summed E-state index contributed by atoms with van der Waals surface area (Å²) >= 11 is 0. The highest BCUT2D eigenvalue weighted by Crippen LogP contribution is 1.99. The highest BCUT2D eigenvalue weighted by atomic mass is 16.3. The third kappa shape index (κ3) is 2.32. The van der Waals surface area contributed by atoms with E-state index in [1.54, 1.807) is 10.9 Å². The van der Waals surface area contributed by atoms with Crippen molar-refractivity contribution in [3.63, 3.8) is 0 Å². The zero-order valence-corrected chi connectivity index (χ0v) is 7.14. The molecule has 1 aromatic rings. The first-order valence-electron chi connectivity index (χ1n) is 4.06. The molecule has 4 heteroatoms. The number of hydrogen-bond acceptors (Lipinski definition) is 3. The van der Waals surface area contributed by atoms with Crippen LogP contribution in [0.5, 0.6) is 0 Å². The lowest BCUT2D eigenvalue weighted by Gasteiger charge is -2.05. The molecule has 0 aliphatic heterocycles. The predicted octanol–water partition coefficient (Wildman–Crippen LogP) is -0.201. The van der Waals surface area contributed by atoms with Crippen LogP contribution < -0.4 is 0 Å². The quantitative estimate of drug-likeness (QED) is 0.658. The molecule has 0 fully saturated rings. The molecule has 0 amide bonds. The van der Waals surface area contributed by atoms with Crippen molar-refractivity contribution < 1.29 is 10.2 Å². The Kier molecular flexibility index (Phi) is 3.25. The molecular weight excluding hydrogens is 156 g/mol. The van der Waals surface area contributed by atoms with E-state index >= 15 is 0 Å². The molecule has 1 aromatic heterocycles. The summed E-state index contributed by atoms with van der Waals surface area (Å²) in [6.07, 6.45) is 3.87. The SMILES string of the molecule is CCc1cnn(C[C@H](O)CO)c1. The van der Waals surface area contributed by atoms with Crippen LogP contribution in [0.3, 0.4) is 0 Å². The standard InChI is InChI=1S/C8H14N2O2/c1-2-7-3-9-10(4-7)5-8(12)6-11/h3-4,8,11-12H,2,5-6H2,1H3/t8-/m0/s1. The van der Waals surface area contributed by atoms with E-state index in [0.29, 0.717) is 6.54 Å². The van der Waals surface area contributed by atoms with E-state index in [1.807, 2.05) is 13.1 Å². The lowest BCUT2D eigenvalue weighted by atomic mass is 10.3. The van der Waals surface area contributed by atoms with Crippen LogP contribution in [0.2, 0.25) is 0 Å². The van der Waals surface area contributed by atoms with Crippen molar-refractivity contribution in [1.82, 2.24) is 9.78 Å². The summed E-state index contributed by atoms with van der Waals surface area (Å²) in [4.78, 5) is 0. The van der Waals surface area contributed by atoms with Gasteiger partial charge in [-0.2, -0.15) is 5.10 Å². The monoisotopic (exact) mass is 170 g/mol. The van der Waals surface area contributed by atoms with Crippen LogP contribution >= 0.6 is 0 Å². The molecule has 0 bridgehead atoms. The number of aryl methyl sites for hydroxylation is 1. The second-order valence-corrected chi connectivity index (χ2v) is 2.76. The van der Waals surface area contributed by atoms with Gasteiger partial charge in [-0.15, -0.1) is 0 Å². The Hall–Kier alpha value is -0.870. The van der Waals surface area contributed by atoms with Crippen LogP contribution in [0, 0.1) is 0 Å². The van der Waals surface area contributed by atoms with Gasteiger partial charge < -0.3 is 10.2 Å². The van der Waals surface area contributed by atoms with Crippen molar-refractivity contribution in [3.05, 3.63) is 18.0 Å². The summed E-state index contributed by atoms with van der Waals surface area (Å²) in [5.74, 6) is 0. The fourth-order valence-electron chi connectivity index (χ4n) is 0.962. The van der Waals surface area contributed by atoms with Crippen molar-refractivity contribution in [3.8, 4) is 0 Å². The van der Waals surface area contributed by atoms with Crippen molar-refractivity contribution in [2.24, 2.45) is 0 Å². The van der Waals surface area contributed by atoms with Gasteiger partial charge in [0.2, 0.25) is 0 Å². The molecule has 1 rings (SSSR count). The van der Waals surface area contributed by atoms with E-state index in [0.717, 1.165) is 12.0 Å². The number of aliphatic hydroxyl groups is 2. The first-order valence-corrected chi connectivity index (χ1v) is 4.06. The maximum atomic E-state index is 9.08. The highest BCUT2D eigenvalue weighted by molar-refractivity contribution is 5.02. The summed E-state index contributed by atoms with van der Waals surface area (Å²) in [5.41, 5.74) is 1.14. The minimum Gasteiger partial charge on any atom is -0.394 e. The van der Waals surface area contributed by atoms with E-state index in [9.17, 15) is 0 Å². The number of nitrogens with zero attached hydrogens (tertiary/aromatic N) is 2. The smallest absolute Gasteiger partial charge is 0.0966 e. The normalized spacial score (nSPS) is 13.2. The van der Waals surface area contributed by atoms with E-state index in [2.05, 4.69) is 5.10 Å². The molecule has 0 radical (unpaired) electrons. The van der Waals surface area contributed by atoms with Crippen molar-refractivity contribution >= 4 is 0 Å². The maximum Gasteiger partial charge on any atom is 0.0966 e. The lowest BCUT2D eigenvalue weighted by Crippen LogP contribution is -2.19. The molecule has 1 heterocycles. The minimum atomic E-state index is -0.713. The first kappa shape index (κ1) is 9.22. The fourth-order valence-corrected chi connectivity index (χ4v) is 0.962. The van der Waals surface area contributed by atoms with Gasteiger partial charge in [0, 0.05) is 6.20 Å². The summed E-state index contributed by atoms with van der Waals surface area (Å²) in [5, 5.41) is 21.7. The molecular formula is C8H14N2O2. The number of aromatic nitrogens is 2. The third-order valence-corrected chi connectivity index (χ3v) is 1.70. The molecule has 68 valence electrons. The molecule has 2 N–H and O–H groups in total. The van der Waals surface area contributed by atoms with Gasteiger partial charge in [-0.25, -0.2) is 0 Å². The largest absolute Gasteiger partial charge is 0.394 e. The highest BCUT2D eigenvalue weighted by Gasteiger charge is 2.03. The minimum absolute atomic E-state index is 0.221. The van der Waals surface area contributed by atoms with Gasteiger partial charge in [-0.05, 0) is 12.0 Å². The van der Waals surface area contributed by atoms with Crippen LogP contribution in [0.1, 0.15) is 12.5 Å². The number of aliphatic hydroxyl groups excluding tert-OH is 2. The summed E-state index contributed by atoms with van der Waals surface area (Å²) in [7, 11) is 0. The van der Waals surface area contributed by atoms with Crippen LogP contribution in [-0.4, -0.2) is 32.7 Å². The molecule has 0 aliphatic carbocycles. The van der Waals surface area contributed by atoms with Gasteiger partial charge in [-0.1, -0.05) is 6.92 Å². The molecule has 0 unspecified atom stereocenters. The number of rotatable bonds is 4. The van der Waals surface area contributed by atoms with Gasteiger partial charge in [0.1, 0.15) is 0 Å². The van der Waals surface area contributed by atoms with Gasteiger partial charge in [0.25, 0.3) is 0 Å². The molecule has 4 nitrogen and oxygen atoms in total. The Bertz CT molecular complexity index is 235. The van der Waals surface area contributed by atoms with Crippen LogP contribution in [0.15, 0.2) is 12.4 Å². The Morgan fingerprint density at radius 3 is 2.92 bits per heavy atom. The van der Waals surface area contributed by atoms with E-state index in [4.69, 9.17) is 10.2 Å². The van der Waals surface area contributed by atoms with Crippen molar-refractivity contribution in [2.75, 3.05) is 6.61 Å². The summed E-state index contributed by atoms with van der Waals surface area (Å²) in [6, 6.07) is 0. The average molecular weight is 170 g/mol. The molecule has 1 atom stereocenters. The molecule has 0 aromatic carbocycles. The predicted molar refractivity (Wildman–Crippen MR) is 44.7 cm³/mol.